The fraction of sp³-hybridized carbons (Fsp3) is 0.421. The van der Waals surface area contributed by atoms with Crippen LogP contribution in [0.3, 0.4) is 0 Å². The summed E-state index contributed by atoms with van der Waals surface area (Å²) < 4.78 is 44.8. The largest absolute Gasteiger partial charge is 0.469 e. The predicted octanol–water partition coefficient (Wildman–Crippen LogP) is 3.35. The fourth-order valence-corrected chi connectivity index (χ4v) is 3.85. The van der Waals surface area contributed by atoms with E-state index in [0.717, 1.165) is 28.4 Å². The molecule has 0 bridgehead atoms. The minimum Gasteiger partial charge on any atom is -0.469 e. The zero-order valence-corrected chi connectivity index (χ0v) is 16.9. The maximum atomic E-state index is 12.6. The topological polar surface area (TPSA) is 58.6 Å². The maximum Gasteiger partial charge on any atom is 0.419 e. The Kier molecular flexibility index (Phi) is 6.63. The average Bonchev–Trinajstić information content (AvgIpc) is 2.70. The van der Waals surface area contributed by atoms with Crippen LogP contribution in [-0.2, 0) is 22.1 Å². The molecule has 0 aliphatic carbocycles. The lowest BCUT2D eigenvalue weighted by Crippen LogP contribution is -2.44. The first kappa shape index (κ1) is 21.4. The van der Waals surface area contributed by atoms with Crippen LogP contribution in [0.5, 0.6) is 0 Å². The first-order chi connectivity index (χ1) is 13.8. The van der Waals surface area contributed by atoms with Crippen LogP contribution in [0, 0.1) is 6.92 Å². The third kappa shape index (κ3) is 5.60. The Balaban J connectivity index is 1.57. The van der Waals surface area contributed by atoms with Gasteiger partial charge in [-0.1, -0.05) is 6.07 Å². The molecule has 156 valence electrons. The molecule has 3 rings (SSSR count). The quantitative estimate of drug-likeness (QED) is 0.537. The van der Waals surface area contributed by atoms with Gasteiger partial charge in [0.15, 0.2) is 0 Å². The summed E-state index contributed by atoms with van der Waals surface area (Å²) in [6.45, 7) is 4.58. The van der Waals surface area contributed by atoms with Crippen molar-refractivity contribution in [3.63, 3.8) is 0 Å². The van der Waals surface area contributed by atoms with Gasteiger partial charge in [-0.2, -0.15) is 13.2 Å². The molecule has 0 unspecified atom stereocenters. The van der Waals surface area contributed by atoms with Gasteiger partial charge in [0.05, 0.1) is 19.1 Å². The molecule has 0 N–H and O–H groups in total. The lowest BCUT2D eigenvalue weighted by molar-refractivity contribution is -0.140. The Labute approximate surface area is 171 Å². The van der Waals surface area contributed by atoms with Crippen molar-refractivity contribution in [2.75, 3.05) is 38.2 Å². The van der Waals surface area contributed by atoms with Gasteiger partial charge in [-0.15, -0.1) is 0 Å². The molecule has 29 heavy (non-hydrogen) atoms. The predicted molar refractivity (Wildman–Crippen MR) is 104 cm³/mol. The lowest BCUT2D eigenvalue weighted by atomic mass is 10.1. The third-order valence-electron chi connectivity index (χ3n) is 4.60. The molecule has 2 heterocycles. The average molecular weight is 426 g/mol. The van der Waals surface area contributed by atoms with Gasteiger partial charge in [0, 0.05) is 43.5 Å². The molecule has 0 saturated carbocycles. The SMILES string of the molecule is COC(=O)Cc1cc(SN2CCN(c3ncc(C(F)(F)F)cn3)CC2)ccc1C. The van der Waals surface area contributed by atoms with Crippen molar-refractivity contribution in [2.45, 2.75) is 24.4 Å². The van der Waals surface area contributed by atoms with E-state index < -0.39 is 11.7 Å². The van der Waals surface area contributed by atoms with Gasteiger partial charge in [-0.05, 0) is 42.1 Å². The van der Waals surface area contributed by atoms with E-state index >= 15 is 0 Å². The van der Waals surface area contributed by atoms with Gasteiger partial charge in [-0.25, -0.2) is 14.3 Å². The van der Waals surface area contributed by atoms with Crippen molar-refractivity contribution in [1.82, 2.24) is 14.3 Å². The number of carbonyl (C=O) groups excluding carboxylic acids is 1. The molecular formula is C19H21F3N4O2S. The maximum absolute atomic E-state index is 12.6. The summed E-state index contributed by atoms with van der Waals surface area (Å²) in [6.07, 6.45) is -2.57. The summed E-state index contributed by atoms with van der Waals surface area (Å²) in [5.41, 5.74) is 1.11. The van der Waals surface area contributed by atoms with Crippen LogP contribution in [0.2, 0.25) is 0 Å². The smallest absolute Gasteiger partial charge is 0.419 e. The number of esters is 1. The number of methoxy groups -OCH3 is 1. The second-order valence-electron chi connectivity index (χ2n) is 6.62. The van der Waals surface area contributed by atoms with Gasteiger partial charge >= 0.3 is 12.1 Å². The second-order valence-corrected chi connectivity index (χ2v) is 7.79. The zero-order chi connectivity index (χ0) is 21.0. The minimum atomic E-state index is -4.44. The van der Waals surface area contributed by atoms with Crippen LogP contribution in [0.4, 0.5) is 19.1 Å². The van der Waals surface area contributed by atoms with Crippen molar-refractivity contribution in [3.8, 4) is 0 Å². The van der Waals surface area contributed by atoms with Gasteiger partial charge in [0.1, 0.15) is 0 Å². The summed E-state index contributed by atoms with van der Waals surface area (Å²) in [4.78, 5) is 22.2. The third-order valence-corrected chi connectivity index (χ3v) is 5.69. The molecule has 1 aromatic heterocycles. The number of nitrogens with zero attached hydrogens (tertiary/aromatic N) is 4. The Morgan fingerprint density at radius 3 is 2.41 bits per heavy atom. The molecule has 1 aromatic carbocycles. The van der Waals surface area contributed by atoms with E-state index in [1.165, 1.54) is 7.11 Å². The van der Waals surface area contributed by atoms with Crippen LogP contribution in [-0.4, -0.2) is 53.5 Å². The number of piperazine rings is 1. The summed E-state index contributed by atoms with van der Waals surface area (Å²) in [7, 11) is 1.37. The number of ether oxygens (including phenoxy) is 1. The number of aryl methyl sites for hydroxylation is 1. The van der Waals surface area contributed by atoms with E-state index in [2.05, 4.69) is 14.3 Å². The Bertz CT molecular complexity index is 854. The fourth-order valence-electron chi connectivity index (χ4n) is 2.88. The van der Waals surface area contributed by atoms with Crippen LogP contribution < -0.4 is 4.90 Å². The highest BCUT2D eigenvalue weighted by atomic mass is 32.2. The van der Waals surface area contributed by atoms with E-state index in [1.807, 2.05) is 30.0 Å². The van der Waals surface area contributed by atoms with Gasteiger partial charge < -0.3 is 9.64 Å². The molecule has 10 heteroatoms. The molecule has 0 amide bonds. The molecule has 1 aliphatic heterocycles. The van der Waals surface area contributed by atoms with Gasteiger partial charge in [0.25, 0.3) is 0 Å². The number of hydrogen-bond acceptors (Lipinski definition) is 7. The van der Waals surface area contributed by atoms with Crippen molar-refractivity contribution in [3.05, 3.63) is 47.3 Å². The monoisotopic (exact) mass is 426 g/mol. The van der Waals surface area contributed by atoms with Gasteiger partial charge in [0.2, 0.25) is 5.95 Å². The van der Waals surface area contributed by atoms with Crippen molar-refractivity contribution in [2.24, 2.45) is 0 Å². The van der Waals surface area contributed by atoms with Crippen molar-refractivity contribution in [1.29, 1.82) is 0 Å². The van der Waals surface area contributed by atoms with E-state index in [0.29, 0.717) is 32.1 Å². The first-order valence-corrected chi connectivity index (χ1v) is 9.77. The summed E-state index contributed by atoms with van der Waals surface area (Å²) in [5.74, 6) is 0.0266. The summed E-state index contributed by atoms with van der Waals surface area (Å²) in [5, 5.41) is 0. The number of benzene rings is 1. The van der Waals surface area contributed by atoms with E-state index in [9.17, 15) is 18.0 Å². The second kappa shape index (κ2) is 9.00. The molecule has 6 nitrogen and oxygen atoms in total. The first-order valence-electron chi connectivity index (χ1n) is 8.99. The standard InChI is InChI=1S/C19H21F3N4O2S/c1-13-3-4-16(9-14(13)10-17(27)28-2)29-26-7-5-25(6-8-26)18-23-11-15(12-24-18)19(20,21)22/h3-4,9,11-12H,5-8,10H2,1-2H3. The molecule has 0 radical (unpaired) electrons. The molecule has 2 aromatic rings. The Morgan fingerprint density at radius 2 is 1.83 bits per heavy atom. The number of alkyl halides is 3. The number of anilines is 1. The summed E-state index contributed by atoms with van der Waals surface area (Å²) in [6, 6.07) is 5.97. The van der Waals surface area contributed by atoms with Crippen LogP contribution in [0.15, 0.2) is 35.5 Å². The Morgan fingerprint density at radius 1 is 1.17 bits per heavy atom. The van der Waals surface area contributed by atoms with Crippen molar-refractivity contribution < 1.29 is 22.7 Å². The number of hydrogen-bond donors (Lipinski definition) is 0. The van der Waals surface area contributed by atoms with Crippen LogP contribution in [0.25, 0.3) is 0 Å². The summed E-state index contributed by atoms with van der Waals surface area (Å²) >= 11 is 1.59. The highest BCUT2D eigenvalue weighted by Gasteiger charge is 2.31. The number of halogens is 3. The number of aromatic nitrogens is 2. The highest BCUT2D eigenvalue weighted by molar-refractivity contribution is 7.97. The van der Waals surface area contributed by atoms with E-state index in [-0.39, 0.29) is 12.4 Å². The molecule has 0 atom stereocenters. The van der Waals surface area contributed by atoms with E-state index in [4.69, 9.17) is 4.74 Å². The number of carbonyl (C=O) groups is 1. The van der Waals surface area contributed by atoms with Gasteiger partial charge in [-0.3, -0.25) is 4.79 Å². The van der Waals surface area contributed by atoms with Crippen molar-refractivity contribution >= 4 is 23.9 Å². The zero-order valence-electron chi connectivity index (χ0n) is 16.1. The molecule has 1 aliphatic rings. The normalized spacial score (nSPS) is 15.4. The minimum absolute atomic E-state index is 0.232. The van der Waals surface area contributed by atoms with E-state index in [1.54, 1.807) is 11.9 Å². The lowest BCUT2D eigenvalue weighted by Gasteiger charge is -2.33. The van der Waals surface area contributed by atoms with Crippen LogP contribution in [0.1, 0.15) is 16.7 Å². The molecule has 0 spiro atoms. The highest BCUT2D eigenvalue weighted by Crippen LogP contribution is 2.29. The molecular weight excluding hydrogens is 405 g/mol. The Hall–Kier alpha value is -2.33. The molecule has 1 saturated heterocycles. The molecule has 1 fully saturated rings. The van der Waals surface area contributed by atoms with Crippen LogP contribution >= 0.6 is 11.9 Å². The number of rotatable bonds is 5.